The molecule has 7 heteroatoms. The van der Waals surface area contributed by atoms with E-state index in [1.54, 1.807) is 0 Å². The number of halogens is 3. The lowest BCUT2D eigenvalue weighted by Gasteiger charge is -2.24. The zero-order valence-corrected chi connectivity index (χ0v) is 8.19. The number of carbonyl (C=O) groups excluding carboxylic acids is 2. The van der Waals surface area contributed by atoms with Crippen LogP contribution in [0.4, 0.5) is 0 Å². The highest BCUT2D eigenvalue weighted by molar-refractivity contribution is 6.46. The zero-order valence-electron chi connectivity index (χ0n) is 5.92. The molecule has 72 valence electrons. The maximum absolute atomic E-state index is 10.7. The van der Waals surface area contributed by atoms with Crippen molar-refractivity contribution in [1.82, 2.24) is 0 Å². The third-order valence-corrected chi connectivity index (χ3v) is 2.60. The molecule has 0 spiro atoms. The number of cyclic esters (lactones) is 1. The van der Waals surface area contributed by atoms with Crippen LogP contribution in [0.3, 0.4) is 0 Å². The van der Waals surface area contributed by atoms with Crippen LogP contribution in [0.15, 0.2) is 11.1 Å². The van der Waals surface area contributed by atoms with Crippen molar-refractivity contribution >= 4 is 46.7 Å². The molecule has 0 aliphatic carbocycles. The second kappa shape index (κ2) is 3.36. The Bertz CT molecular complexity index is 300. The molecule has 0 bridgehead atoms. The number of hydrogen-bond donors (Lipinski definition) is 0. The van der Waals surface area contributed by atoms with E-state index < -0.39 is 22.4 Å². The first-order valence-electron chi connectivity index (χ1n) is 3.02. The molecule has 0 amide bonds. The van der Waals surface area contributed by atoms with Crippen LogP contribution in [-0.4, -0.2) is 22.4 Å². The number of rotatable bonds is 2. The van der Waals surface area contributed by atoms with Crippen molar-refractivity contribution in [2.45, 2.75) is 10.4 Å². The molecule has 4 nitrogen and oxygen atoms in total. The molecule has 1 aliphatic heterocycles. The zero-order chi connectivity index (χ0) is 10.2. The molecule has 1 heterocycles. The summed E-state index contributed by atoms with van der Waals surface area (Å²) < 4.78 is 4.43. The van der Waals surface area contributed by atoms with Gasteiger partial charge < -0.3 is 14.6 Å². The third-order valence-electron chi connectivity index (χ3n) is 1.32. The summed E-state index contributed by atoms with van der Waals surface area (Å²) in [6.45, 7) is 0. The predicted molar refractivity (Wildman–Crippen MR) is 43.3 cm³/mol. The van der Waals surface area contributed by atoms with Crippen molar-refractivity contribution in [3.63, 3.8) is 0 Å². The summed E-state index contributed by atoms with van der Waals surface area (Å²) >= 11 is 16.2. The van der Waals surface area contributed by atoms with E-state index in [0.717, 1.165) is 6.08 Å². The topological polar surface area (TPSA) is 66.4 Å². The van der Waals surface area contributed by atoms with Gasteiger partial charge in [-0.3, -0.25) is 0 Å². The van der Waals surface area contributed by atoms with E-state index >= 15 is 0 Å². The van der Waals surface area contributed by atoms with Gasteiger partial charge in [0.05, 0.1) is 5.97 Å². The van der Waals surface area contributed by atoms with Gasteiger partial charge in [-0.1, -0.05) is 23.2 Å². The Morgan fingerprint density at radius 1 is 1.69 bits per heavy atom. The van der Waals surface area contributed by atoms with Gasteiger partial charge in [-0.2, -0.15) is 0 Å². The summed E-state index contributed by atoms with van der Waals surface area (Å²) in [6.07, 6.45) is 0.923. The maximum atomic E-state index is 10.7. The van der Waals surface area contributed by atoms with Gasteiger partial charge in [0.25, 0.3) is 0 Å². The normalized spacial score (nSPS) is 29.5. The van der Waals surface area contributed by atoms with Gasteiger partial charge in [0.1, 0.15) is 10.4 Å². The van der Waals surface area contributed by atoms with E-state index in [-0.39, 0.29) is 5.03 Å². The maximum Gasteiger partial charge on any atom is 0.351 e. The first-order chi connectivity index (χ1) is 5.87. The fraction of sp³-hybridized carbons (Fsp3) is 0.333. The van der Waals surface area contributed by atoms with Crippen molar-refractivity contribution in [2.24, 2.45) is 0 Å². The number of ether oxygens (including phenoxy) is 1. The standard InChI is InChI=1S/C6H3Cl3O4/c7-2-1-6(9,13-5(2)12)3(8)4(10)11/h1,3H,(H,10,11)/p-1. The Balaban J connectivity index is 2.93. The molecular formula is C6H2Cl3O4-. The Labute approximate surface area is 88.0 Å². The largest absolute Gasteiger partial charge is 0.548 e. The van der Waals surface area contributed by atoms with Crippen LogP contribution in [0, 0.1) is 0 Å². The second-order valence-electron chi connectivity index (χ2n) is 2.26. The summed E-state index contributed by atoms with van der Waals surface area (Å²) in [4.78, 5) is 21.1. The number of alkyl halides is 2. The Morgan fingerprint density at radius 2 is 2.23 bits per heavy atom. The van der Waals surface area contributed by atoms with Gasteiger partial charge in [0.15, 0.2) is 0 Å². The van der Waals surface area contributed by atoms with Crippen molar-refractivity contribution in [3.05, 3.63) is 11.1 Å². The Kier molecular flexibility index (Phi) is 2.75. The van der Waals surface area contributed by atoms with E-state index in [1.807, 2.05) is 0 Å². The molecule has 0 saturated carbocycles. The van der Waals surface area contributed by atoms with Gasteiger partial charge in [0.2, 0.25) is 5.06 Å². The fourth-order valence-corrected chi connectivity index (χ4v) is 1.37. The average molecular weight is 244 g/mol. The van der Waals surface area contributed by atoms with Gasteiger partial charge >= 0.3 is 5.97 Å². The summed E-state index contributed by atoms with van der Waals surface area (Å²) in [7, 11) is 0. The molecule has 0 N–H and O–H groups in total. The van der Waals surface area contributed by atoms with Gasteiger partial charge in [-0.05, 0) is 0 Å². The number of carboxylic acid groups (broad SMARTS) is 1. The molecule has 2 atom stereocenters. The lowest BCUT2D eigenvalue weighted by Crippen LogP contribution is -2.45. The highest BCUT2D eigenvalue weighted by atomic mass is 35.5. The van der Waals surface area contributed by atoms with Gasteiger partial charge in [0, 0.05) is 6.08 Å². The summed E-state index contributed by atoms with van der Waals surface area (Å²) in [5, 5.41) is 6.37. The first-order valence-corrected chi connectivity index (χ1v) is 4.21. The molecule has 1 aliphatic rings. The number of aliphatic carboxylic acids is 1. The van der Waals surface area contributed by atoms with Crippen LogP contribution in [0.25, 0.3) is 0 Å². The fourth-order valence-electron chi connectivity index (χ4n) is 0.738. The number of esters is 1. The second-order valence-corrected chi connectivity index (χ2v) is 3.70. The summed E-state index contributed by atoms with van der Waals surface area (Å²) in [5.74, 6) is -2.56. The molecule has 0 aromatic heterocycles. The minimum absolute atomic E-state index is 0.304. The highest BCUT2D eigenvalue weighted by Crippen LogP contribution is 2.35. The van der Waals surface area contributed by atoms with Gasteiger partial charge in [-0.15, -0.1) is 11.6 Å². The SMILES string of the molecule is O=C1OC(Cl)(C(Cl)C(=O)[O-])C=C1Cl. The monoisotopic (exact) mass is 243 g/mol. The minimum atomic E-state index is -1.95. The quantitative estimate of drug-likeness (QED) is 0.505. The van der Waals surface area contributed by atoms with Gasteiger partial charge in [-0.25, -0.2) is 4.79 Å². The van der Waals surface area contributed by atoms with E-state index in [2.05, 4.69) is 4.74 Å². The molecule has 0 radical (unpaired) electrons. The van der Waals surface area contributed by atoms with E-state index in [4.69, 9.17) is 34.8 Å². The van der Waals surface area contributed by atoms with E-state index in [9.17, 15) is 14.7 Å². The van der Waals surface area contributed by atoms with Crippen LogP contribution in [0.5, 0.6) is 0 Å². The van der Waals surface area contributed by atoms with Crippen molar-refractivity contribution < 1.29 is 19.4 Å². The Morgan fingerprint density at radius 3 is 2.54 bits per heavy atom. The van der Waals surface area contributed by atoms with Crippen LogP contribution < -0.4 is 5.11 Å². The van der Waals surface area contributed by atoms with Crippen LogP contribution in [-0.2, 0) is 14.3 Å². The molecule has 0 aromatic rings. The summed E-state index contributed by atoms with van der Waals surface area (Å²) in [6, 6.07) is 0. The van der Waals surface area contributed by atoms with Crippen molar-refractivity contribution in [2.75, 3.05) is 0 Å². The van der Waals surface area contributed by atoms with E-state index in [0.29, 0.717) is 0 Å². The Hall–Kier alpha value is -0.450. The number of hydrogen-bond acceptors (Lipinski definition) is 4. The molecule has 2 unspecified atom stereocenters. The highest BCUT2D eigenvalue weighted by Gasteiger charge is 2.44. The molecule has 1 rings (SSSR count). The van der Waals surface area contributed by atoms with E-state index in [1.165, 1.54) is 0 Å². The first kappa shape index (κ1) is 10.6. The third kappa shape index (κ3) is 1.90. The number of carboxylic acids is 1. The number of carbonyl (C=O) groups is 2. The lowest BCUT2D eigenvalue weighted by atomic mass is 10.2. The van der Waals surface area contributed by atoms with Crippen molar-refractivity contribution in [3.8, 4) is 0 Å². The summed E-state index contributed by atoms with van der Waals surface area (Å²) in [5.41, 5.74) is 0. The van der Waals surface area contributed by atoms with Crippen LogP contribution >= 0.6 is 34.8 Å². The molecule has 13 heavy (non-hydrogen) atoms. The molecule has 0 saturated heterocycles. The average Bonchev–Trinajstić information content (AvgIpc) is 2.26. The molecule has 0 aromatic carbocycles. The van der Waals surface area contributed by atoms with Crippen LogP contribution in [0.1, 0.15) is 0 Å². The lowest BCUT2D eigenvalue weighted by molar-refractivity contribution is -0.306. The van der Waals surface area contributed by atoms with Crippen molar-refractivity contribution in [1.29, 1.82) is 0 Å². The molecule has 0 fully saturated rings. The smallest absolute Gasteiger partial charge is 0.351 e. The minimum Gasteiger partial charge on any atom is -0.548 e. The molecular weight excluding hydrogens is 242 g/mol. The van der Waals surface area contributed by atoms with Crippen LogP contribution in [0.2, 0.25) is 0 Å². The predicted octanol–water partition coefficient (Wildman–Crippen LogP) is -0.0417.